The first-order valence-electron chi connectivity index (χ1n) is 8.40. The van der Waals surface area contributed by atoms with Gasteiger partial charge < -0.3 is 14.9 Å². The fourth-order valence-electron chi connectivity index (χ4n) is 3.52. The number of nitrogens with one attached hydrogen (secondary N) is 1. The van der Waals surface area contributed by atoms with Crippen LogP contribution in [0.5, 0.6) is 0 Å². The average Bonchev–Trinajstić information content (AvgIpc) is 3.15. The highest BCUT2D eigenvalue weighted by Gasteiger charge is 2.53. The summed E-state index contributed by atoms with van der Waals surface area (Å²) in [5.41, 5.74) is 1.50. The molecule has 1 fully saturated rings. The van der Waals surface area contributed by atoms with Gasteiger partial charge in [-0.3, -0.25) is 9.59 Å². The molecule has 1 aliphatic heterocycles. The van der Waals surface area contributed by atoms with Crippen molar-refractivity contribution in [3.63, 3.8) is 0 Å². The SMILES string of the molecule is CCOC(=O)[C@@H]1C[C@H]2C(CC)=NO[C@H]2[C@@H]1NC(=O)c1ccccc1. The molecule has 128 valence electrons. The number of fused-ring (bicyclic) bond motifs is 1. The van der Waals surface area contributed by atoms with Crippen molar-refractivity contribution in [1.29, 1.82) is 0 Å². The summed E-state index contributed by atoms with van der Waals surface area (Å²) in [6.07, 6.45) is 1.06. The van der Waals surface area contributed by atoms with Crippen LogP contribution >= 0.6 is 0 Å². The largest absolute Gasteiger partial charge is 0.466 e. The maximum absolute atomic E-state index is 12.5. The number of carbonyl (C=O) groups is 2. The Hall–Kier alpha value is -2.37. The number of carbonyl (C=O) groups excluding carboxylic acids is 2. The van der Waals surface area contributed by atoms with Crippen LogP contribution in [0.3, 0.4) is 0 Å². The summed E-state index contributed by atoms with van der Waals surface area (Å²) in [4.78, 5) is 30.4. The van der Waals surface area contributed by atoms with Gasteiger partial charge in [0, 0.05) is 11.5 Å². The first-order valence-corrected chi connectivity index (χ1v) is 8.40. The van der Waals surface area contributed by atoms with Crippen molar-refractivity contribution in [3.8, 4) is 0 Å². The Kier molecular flexibility index (Phi) is 4.83. The molecule has 24 heavy (non-hydrogen) atoms. The molecule has 6 heteroatoms. The van der Waals surface area contributed by atoms with Crippen LogP contribution in [0.2, 0.25) is 0 Å². The highest BCUT2D eigenvalue weighted by atomic mass is 16.6. The summed E-state index contributed by atoms with van der Waals surface area (Å²) in [7, 11) is 0. The van der Waals surface area contributed by atoms with Gasteiger partial charge in [-0.15, -0.1) is 0 Å². The molecule has 6 nitrogen and oxygen atoms in total. The number of benzene rings is 1. The maximum Gasteiger partial charge on any atom is 0.311 e. The predicted octanol–water partition coefficient (Wildman–Crippen LogP) is 2.15. The molecule has 0 saturated heterocycles. The van der Waals surface area contributed by atoms with Gasteiger partial charge in [-0.25, -0.2) is 0 Å². The number of hydrogen-bond donors (Lipinski definition) is 1. The molecule has 0 bridgehead atoms. The molecule has 0 aromatic heterocycles. The van der Waals surface area contributed by atoms with Gasteiger partial charge in [0.25, 0.3) is 5.91 Å². The van der Waals surface area contributed by atoms with Crippen LogP contribution in [0.4, 0.5) is 0 Å². The molecule has 0 unspecified atom stereocenters. The van der Waals surface area contributed by atoms with E-state index in [0.29, 0.717) is 18.6 Å². The second kappa shape index (κ2) is 7.03. The number of ether oxygens (including phenoxy) is 1. The number of nitrogens with zero attached hydrogens (tertiary/aromatic N) is 1. The van der Waals surface area contributed by atoms with Gasteiger partial charge in [-0.2, -0.15) is 0 Å². The highest BCUT2D eigenvalue weighted by Crippen LogP contribution is 2.40. The quantitative estimate of drug-likeness (QED) is 0.839. The molecule has 3 rings (SSSR count). The molecule has 1 N–H and O–H groups in total. The zero-order valence-electron chi connectivity index (χ0n) is 13.9. The summed E-state index contributed by atoms with van der Waals surface area (Å²) in [6, 6.07) is 8.51. The van der Waals surface area contributed by atoms with Gasteiger partial charge in [0.15, 0.2) is 6.10 Å². The van der Waals surface area contributed by atoms with Crippen molar-refractivity contribution in [2.45, 2.75) is 38.8 Å². The second-order valence-corrected chi connectivity index (χ2v) is 6.07. The lowest BCUT2D eigenvalue weighted by Gasteiger charge is -2.23. The summed E-state index contributed by atoms with van der Waals surface area (Å²) in [5, 5.41) is 7.08. The van der Waals surface area contributed by atoms with Crippen molar-refractivity contribution in [2.75, 3.05) is 6.61 Å². The summed E-state index contributed by atoms with van der Waals surface area (Å²) < 4.78 is 5.19. The molecule has 1 amide bonds. The van der Waals surface area contributed by atoms with E-state index in [1.165, 1.54) is 0 Å². The summed E-state index contributed by atoms with van der Waals surface area (Å²) in [5.74, 6) is -0.858. The maximum atomic E-state index is 12.5. The van der Waals surface area contributed by atoms with Gasteiger partial charge >= 0.3 is 5.97 Å². The van der Waals surface area contributed by atoms with E-state index in [1.54, 1.807) is 31.2 Å². The molecule has 0 spiro atoms. The van der Waals surface area contributed by atoms with E-state index in [9.17, 15) is 9.59 Å². The van der Waals surface area contributed by atoms with Crippen LogP contribution in [-0.4, -0.2) is 36.3 Å². The molecular weight excluding hydrogens is 308 g/mol. The number of amides is 1. The van der Waals surface area contributed by atoms with Crippen LogP contribution in [-0.2, 0) is 14.4 Å². The lowest BCUT2D eigenvalue weighted by atomic mass is 9.97. The van der Waals surface area contributed by atoms with Crippen molar-refractivity contribution < 1.29 is 19.2 Å². The van der Waals surface area contributed by atoms with Crippen LogP contribution in [0.1, 0.15) is 37.0 Å². The molecule has 1 aliphatic carbocycles. The van der Waals surface area contributed by atoms with E-state index in [2.05, 4.69) is 10.5 Å². The Morgan fingerprint density at radius 2 is 2.04 bits per heavy atom. The Bertz CT molecular complexity index is 644. The van der Waals surface area contributed by atoms with Crippen LogP contribution in [0, 0.1) is 11.8 Å². The van der Waals surface area contributed by atoms with Gasteiger partial charge in [0.05, 0.1) is 24.3 Å². The normalized spacial score (nSPS) is 27.8. The molecule has 1 heterocycles. The van der Waals surface area contributed by atoms with Gasteiger partial charge in [0.1, 0.15) is 0 Å². The molecule has 2 aliphatic rings. The lowest BCUT2D eigenvalue weighted by Crippen LogP contribution is -2.47. The lowest BCUT2D eigenvalue weighted by molar-refractivity contribution is -0.149. The minimum atomic E-state index is -0.436. The first-order chi connectivity index (χ1) is 11.7. The minimum Gasteiger partial charge on any atom is -0.466 e. The van der Waals surface area contributed by atoms with E-state index in [-0.39, 0.29) is 23.9 Å². The Morgan fingerprint density at radius 3 is 2.71 bits per heavy atom. The number of rotatable bonds is 5. The zero-order chi connectivity index (χ0) is 17.1. The Balaban J connectivity index is 1.79. The highest BCUT2D eigenvalue weighted by molar-refractivity contribution is 5.95. The molecule has 1 saturated carbocycles. The van der Waals surface area contributed by atoms with Crippen molar-refractivity contribution in [3.05, 3.63) is 35.9 Å². The van der Waals surface area contributed by atoms with Crippen molar-refractivity contribution in [2.24, 2.45) is 17.0 Å². The van der Waals surface area contributed by atoms with Gasteiger partial charge in [-0.05, 0) is 31.9 Å². The number of oxime groups is 1. The third-order valence-corrected chi connectivity index (χ3v) is 4.70. The van der Waals surface area contributed by atoms with Crippen LogP contribution in [0.15, 0.2) is 35.5 Å². The van der Waals surface area contributed by atoms with E-state index in [4.69, 9.17) is 9.57 Å². The fourth-order valence-corrected chi connectivity index (χ4v) is 3.52. The Morgan fingerprint density at radius 1 is 1.29 bits per heavy atom. The summed E-state index contributed by atoms with van der Waals surface area (Å²) in [6.45, 7) is 4.11. The van der Waals surface area contributed by atoms with Crippen LogP contribution < -0.4 is 5.32 Å². The summed E-state index contributed by atoms with van der Waals surface area (Å²) >= 11 is 0. The van der Waals surface area contributed by atoms with Crippen LogP contribution in [0.25, 0.3) is 0 Å². The van der Waals surface area contributed by atoms with E-state index >= 15 is 0 Å². The third-order valence-electron chi connectivity index (χ3n) is 4.70. The van der Waals surface area contributed by atoms with E-state index in [1.807, 2.05) is 13.0 Å². The van der Waals surface area contributed by atoms with Crippen molar-refractivity contribution >= 4 is 17.6 Å². The monoisotopic (exact) mass is 330 g/mol. The Labute approximate surface area is 141 Å². The fraction of sp³-hybridized carbons (Fsp3) is 0.500. The van der Waals surface area contributed by atoms with Gasteiger partial charge in [0.2, 0.25) is 0 Å². The smallest absolute Gasteiger partial charge is 0.311 e. The molecule has 0 radical (unpaired) electrons. The molecule has 1 aromatic carbocycles. The average molecular weight is 330 g/mol. The predicted molar refractivity (Wildman–Crippen MR) is 88.5 cm³/mol. The molecular formula is C18H22N2O4. The topological polar surface area (TPSA) is 77.0 Å². The first kappa shape index (κ1) is 16.5. The molecule has 4 atom stereocenters. The molecule has 1 aromatic rings. The minimum absolute atomic E-state index is 0.0606. The number of esters is 1. The second-order valence-electron chi connectivity index (χ2n) is 6.07. The van der Waals surface area contributed by atoms with E-state index < -0.39 is 12.0 Å². The van der Waals surface area contributed by atoms with Crippen molar-refractivity contribution in [1.82, 2.24) is 5.32 Å². The zero-order valence-corrected chi connectivity index (χ0v) is 13.9. The third kappa shape index (κ3) is 3.00. The number of hydrogen-bond acceptors (Lipinski definition) is 5. The van der Waals surface area contributed by atoms with Gasteiger partial charge in [-0.1, -0.05) is 30.3 Å². The van der Waals surface area contributed by atoms with E-state index in [0.717, 1.165) is 12.1 Å². The standard InChI is InChI=1S/C18H22N2O4/c1-3-14-12-10-13(18(22)23-4-2)15(16(12)24-20-14)19-17(21)11-8-6-5-7-9-11/h5-9,12-13,15-16H,3-4,10H2,1-2H3,(H,19,21)/t12-,13+,15+,16+/m0/s1.